The molecule has 1 aliphatic rings. The summed E-state index contributed by atoms with van der Waals surface area (Å²) in [6.45, 7) is 4.02. The molecule has 8 heavy (non-hydrogen) atoms. The highest BCUT2D eigenvalue weighted by Crippen LogP contribution is 2.04. The molecule has 1 heteroatoms. The van der Waals surface area contributed by atoms with Crippen LogP contribution in [0.3, 0.4) is 0 Å². The minimum Gasteiger partial charge on any atom is -0.257 e. The van der Waals surface area contributed by atoms with E-state index in [1.165, 1.54) is 5.57 Å². The summed E-state index contributed by atoms with van der Waals surface area (Å²) in [4.78, 5) is 4.04. The second kappa shape index (κ2) is 1.97. The van der Waals surface area contributed by atoms with Gasteiger partial charge in [-0.25, -0.2) is 0 Å². The normalized spacial score (nSPS) is 17.8. The van der Waals surface area contributed by atoms with Crippen molar-refractivity contribution in [3.05, 3.63) is 17.0 Å². The lowest BCUT2D eigenvalue weighted by Gasteiger charge is -1.95. The van der Waals surface area contributed by atoms with E-state index in [0.29, 0.717) is 0 Å². The van der Waals surface area contributed by atoms with Crippen LogP contribution in [0.5, 0.6) is 0 Å². The predicted octanol–water partition coefficient (Wildman–Crippen LogP) is 1.91. The largest absolute Gasteiger partial charge is 0.257 e. The molecule has 1 aliphatic heterocycles. The van der Waals surface area contributed by atoms with Crippen molar-refractivity contribution in [2.75, 3.05) is 0 Å². The second-order valence-electron chi connectivity index (χ2n) is 2.01. The van der Waals surface area contributed by atoms with Crippen LogP contribution in [-0.4, -0.2) is 6.21 Å². The zero-order valence-corrected chi connectivity index (χ0v) is 5.23. The molecule has 0 amide bonds. The molecule has 42 valence electrons. The highest BCUT2D eigenvalue weighted by molar-refractivity contribution is 5.63. The third-order valence-corrected chi connectivity index (χ3v) is 1.08. The van der Waals surface area contributed by atoms with Crippen molar-refractivity contribution in [2.24, 2.45) is 4.99 Å². The Morgan fingerprint density at radius 2 is 2.38 bits per heavy atom. The van der Waals surface area contributed by atoms with E-state index in [-0.39, 0.29) is 0 Å². The molecule has 0 bridgehead atoms. The third-order valence-electron chi connectivity index (χ3n) is 1.08. The van der Waals surface area contributed by atoms with Gasteiger partial charge in [0.1, 0.15) is 0 Å². The number of rotatable bonds is 0. The van der Waals surface area contributed by atoms with Crippen molar-refractivity contribution in [1.29, 1.82) is 0 Å². The van der Waals surface area contributed by atoms with Gasteiger partial charge in [-0.3, -0.25) is 4.99 Å². The summed E-state index contributed by atoms with van der Waals surface area (Å²) in [5.41, 5.74) is 5.38. The van der Waals surface area contributed by atoms with Gasteiger partial charge >= 0.3 is 0 Å². The second-order valence-corrected chi connectivity index (χ2v) is 2.01. The average molecular weight is 107 g/mol. The van der Waals surface area contributed by atoms with Crippen LogP contribution in [0.4, 0.5) is 0 Å². The Bertz CT molecular complexity index is 181. The predicted molar refractivity (Wildman–Crippen MR) is 35.0 cm³/mol. The molecule has 1 rings (SSSR count). The standard InChI is InChI=1S/C7H9N/c1-6-3-4-8-7(2)5-6/h4H,3H2,1-2H3. The van der Waals surface area contributed by atoms with E-state index in [0.717, 1.165) is 12.1 Å². The molecule has 0 aliphatic carbocycles. The smallest absolute Gasteiger partial charge is 0.0785 e. The molecule has 0 radical (unpaired) electrons. The van der Waals surface area contributed by atoms with Crippen LogP contribution in [0, 0.1) is 0 Å². The Balaban J connectivity index is 2.98. The van der Waals surface area contributed by atoms with Gasteiger partial charge in [0.05, 0.1) is 5.70 Å². The van der Waals surface area contributed by atoms with Crippen LogP contribution < -0.4 is 0 Å². The lowest BCUT2D eigenvalue weighted by atomic mass is 10.2. The first-order chi connectivity index (χ1) is 3.79. The van der Waals surface area contributed by atoms with Gasteiger partial charge in [0, 0.05) is 12.6 Å². The van der Waals surface area contributed by atoms with Gasteiger partial charge in [-0.05, 0) is 19.4 Å². The first-order valence-corrected chi connectivity index (χ1v) is 2.74. The van der Waals surface area contributed by atoms with Gasteiger partial charge in [-0.1, -0.05) is 5.73 Å². The summed E-state index contributed by atoms with van der Waals surface area (Å²) >= 11 is 0. The Kier molecular flexibility index (Phi) is 1.32. The van der Waals surface area contributed by atoms with Crippen molar-refractivity contribution >= 4 is 6.21 Å². The summed E-state index contributed by atoms with van der Waals surface area (Å²) in [7, 11) is 0. The lowest BCUT2D eigenvalue weighted by molar-refractivity contribution is 1.19. The number of hydrogen-bond donors (Lipinski definition) is 0. The Morgan fingerprint density at radius 3 is 2.75 bits per heavy atom. The fourth-order valence-corrected chi connectivity index (χ4v) is 0.712. The van der Waals surface area contributed by atoms with E-state index < -0.39 is 0 Å². The van der Waals surface area contributed by atoms with Crippen molar-refractivity contribution in [3.63, 3.8) is 0 Å². The molecular weight excluding hydrogens is 98.1 g/mol. The summed E-state index contributed by atoms with van der Waals surface area (Å²) in [5, 5.41) is 0. The highest BCUT2D eigenvalue weighted by atomic mass is 14.7. The van der Waals surface area contributed by atoms with E-state index in [2.05, 4.69) is 17.6 Å². The topological polar surface area (TPSA) is 12.4 Å². The molecule has 0 unspecified atom stereocenters. The van der Waals surface area contributed by atoms with Gasteiger partial charge in [0.2, 0.25) is 0 Å². The quantitative estimate of drug-likeness (QED) is 0.419. The molecule has 0 saturated heterocycles. The van der Waals surface area contributed by atoms with Gasteiger partial charge in [0.25, 0.3) is 0 Å². The van der Waals surface area contributed by atoms with Crippen LogP contribution in [0.25, 0.3) is 0 Å². The van der Waals surface area contributed by atoms with Crippen molar-refractivity contribution in [2.45, 2.75) is 20.3 Å². The van der Waals surface area contributed by atoms with E-state index >= 15 is 0 Å². The number of aliphatic imine (C=N–C) groups is 1. The van der Waals surface area contributed by atoms with Gasteiger partial charge in [-0.2, -0.15) is 0 Å². The molecule has 0 spiro atoms. The molecular formula is C7H9N. The van der Waals surface area contributed by atoms with Gasteiger partial charge in [-0.15, -0.1) is 0 Å². The summed E-state index contributed by atoms with van der Waals surface area (Å²) < 4.78 is 0. The van der Waals surface area contributed by atoms with E-state index in [9.17, 15) is 0 Å². The monoisotopic (exact) mass is 107 g/mol. The maximum atomic E-state index is 4.04. The van der Waals surface area contributed by atoms with Crippen molar-refractivity contribution in [3.8, 4) is 0 Å². The molecule has 0 N–H and O–H groups in total. The van der Waals surface area contributed by atoms with Crippen molar-refractivity contribution < 1.29 is 0 Å². The lowest BCUT2D eigenvalue weighted by Crippen LogP contribution is -1.83. The Hall–Kier alpha value is -0.810. The van der Waals surface area contributed by atoms with Crippen LogP contribution in [-0.2, 0) is 0 Å². The average Bonchev–Trinajstić information content (AvgIpc) is 1.64. The Labute approximate surface area is 49.4 Å². The van der Waals surface area contributed by atoms with E-state index in [1.807, 2.05) is 13.1 Å². The van der Waals surface area contributed by atoms with Crippen molar-refractivity contribution in [1.82, 2.24) is 0 Å². The maximum Gasteiger partial charge on any atom is 0.0785 e. The first-order valence-electron chi connectivity index (χ1n) is 2.74. The molecule has 0 saturated carbocycles. The molecule has 0 aromatic heterocycles. The maximum absolute atomic E-state index is 4.04. The summed E-state index contributed by atoms with van der Waals surface area (Å²) in [6.07, 6.45) is 2.89. The number of nitrogens with zero attached hydrogens (tertiary/aromatic N) is 1. The minimum atomic E-state index is 0.970. The highest BCUT2D eigenvalue weighted by Gasteiger charge is 1.89. The third kappa shape index (κ3) is 1.08. The van der Waals surface area contributed by atoms with E-state index in [4.69, 9.17) is 0 Å². The summed E-state index contributed by atoms with van der Waals surface area (Å²) in [5.74, 6) is 0. The molecule has 0 aromatic carbocycles. The zero-order valence-electron chi connectivity index (χ0n) is 5.23. The van der Waals surface area contributed by atoms with Crippen LogP contribution in [0.15, 0.2) is 22.0 Å². The fraction of sp³-hybridized carbons (Fsp3) is 0.429. The molecule has 0 atom stereocenters. The molecule has 1 heterocycles. The Morgan fingerprint density at radius 1 is 1.62 bits per heavy atom. The minimum absolute atomic E-state index is 0.970. The first kappa shape index (κ1) is 5.33. The molecule has 0 aromatic rings. The number of hydrogen-bond acceptors (Lipinski definition) is 1. The summed E-state index contributed by atoms with van der Waals surface area (Å²) in [6, 6.07) is 0. The number of allylic oxidation sites excluding steroid dienone is 1. The fourth-order valence-electron chi connectivity index (χ4n) is 0.712. The molecule has 0 fully saturated rings. The molecule has 1 nitrogen and oxygen atoms in total. The van der Waals surface area contributed by atoms with Gasteiger partial charge < -0.3 is 0 Å². The zero-order chi connectivity index (χ0) is 5.98. The van der Waals surface area contributed by atoms with E-state index in [1.54, 1.807) is 0 Å². The van der Waals surface area contributed by atoms with Crippen LogP contribution >= 0.6 is 0 Å². The SMILES string of the molecule is CC1=C=C(C)N=CC1. The van der Waals surface area contributed by atoms with Crippen LogP contribution in [0.2, 0.25) is 0 Å². The van der Waals surface area contributed by atoms with Gasteiger partial charge in [0.15, 0.2) is 0 Å². The van der Waals surface area contributed by atoms with Crippen LogP contribution in [0.1, 0.15) is 20.3 Å².